The van der Waals surface area contributed by atoms with Crippen LogP contribution in [0.4, 0.5) is 5.69 Å². The SMILES string of the molecule is COc1ccc(CNC(=O)c2nn(-c3ccccc3[N+](=O)[O-])c(C)cc2=O)cc1OC. The van der Waals surface area contributed by atoms with Gasteiger partial charge in [0.2, 0.25) is 5.43 Å². The van der Waals surface area contributed by atoms with Crippen molar-refractivity contribution in [2.75, 3.05) is 14.2 Å². The number of aryl methyl sites for hydroxylation is 1. The molecule has 3 aromatic rings. The number of nitrogens with zero attached hydrogens (tertiary/aromatic N) is 3. The number of benzene rings is 2. The lowest BCUT2D eigenvalue weighted by atomic mass is 10.2. The van der Waals surface area contributed by atoms with Crippen molar-refractivity contribution in [2.45, 2.75) is 13.5 Å². The molecule has 0 atom stereocenters. The van der Waals surface area contributed by atoms with Crippen LogP contribution >= 0.6 is 0 Å². The summed E-state index contributed by atoms with van der Waals surface area (Å²) < 4.78 is 11.6. The predicted molar refractivity (Wildman–Crippen MR) is 112 cm³/mol. The minimum atomic E-state index is -0.702. The van der Waals surface area contributed by atoms with Gasteiger partial charge in [-0.05, 0) is 30.7 Å². The first-order chi connectivity index (χ1) is 14.8. The van der Waals surface area contributed by atoms with Gasteiger partial charge in [-0.25, -0.2) is 4.68 Å². The van der Waals surface area contributed by atoms with Crippen molar-refractivity contribution in [3.05, 3.63) is 85.8 Å². The van der Waals surface area contributed by atoms with Crippen LogP contribution < -0.4 is 20.2 Å². The molecule has 0 saturated carbocycles. The molecule has 0 saturated heterocycles. The Labute approximate surface area is 177 Å². The normalized spacial score (nSPS) is 10.4. The van der Waals surface area contributed by atoms with E-state index in [2.05, 4.69) is 10.4 Å². The minimum Gasteiger partial charge on any atom is -0.493 e. The van der Waals surface area contributed by atoms with Crippen LogP contribution in [0.2, 0.25) is 0 Å². The zero-order valence-electron chi connectivity index (χ0n) is 17.1. The van der Waals surface area contributed by atoms with Gasteiger partial charge in [0.25, 0.3) is 11.6 Å². The maximum atomic E-state index is 12.7. The average molecular weight is 424 g/mol. The Kier molecular flexibility index (Phi) is 6.29. The second kappa shape index (κ2) is 9.08. The van der Waals surface area contributed by atoms with Gasteiger partial charge in [-0.2, -0.15) is 5.10 Å². The second-order valence-corrected chi connectivity index (χ2v) is 6.53. The summed E-state index contributed by atoms with van der Waals surface area (Å²) in [5.41, 5.74) is 0.0756. The van der Waals surface area contributed by atoms with Gasteiger partial charge in [-0.15, -0.1) is 0 Å². The standard InChI is InChI=1S/C21H20N4O6/c1-13-10-17(26)20(23-24(13)15-6-4-5-7-16(15)25(28)29)21(27)22-12-14-8-9-18(30-2)19(11-14)31-3/h4-11H,12H2,1-3H3,(H,22,27). The van der Waals surface area contributed by atoms with Crippen molar-refractivity contribution in [3.63, 3.8) is 0 Å². The molecule has 0 fully saturated rings. The molecular weight excluding hydrogens is 404 g/mol. The molecule has 3 rings (SSSR count). The van der Waals surface area contributed by atoms with E-state index in [4.69, 9.17) is 9.47 Å². The van der Waals surface area contributed by atoms with E-state index >= 15 is 0 Å². The van der Waals surface area contributed by atoms with E-state index in [1.807, 2.05) is 0 Å². The molecule has 2 aromatic carbocycles. The maximum Gasteiger partial charge on any atom is 0.294 e. The van der Waals surface area contributed by atoms with Crippen LogP contribution in [0.5, 0.6) is 11.5 Å². The third kappa shape index (κ3) is 4.53. The third-order valence-electron chi connectivity index (χ3n) is 4.53. The van der Waals surface area contributed by atoms with E-state index in [9.17, 15) is 19.7 Å². The number of nitro groups is 1. The topological polar surface area (TPSA) is 126 Å². The number of aromatic nitrogens is 2. The molecule has 1 aromatic heterocycles. The summed E-state index contributed by atoms with van der Waals surface area (Å²) in [7, 11) is 3.02. The van der Waals surface area contributed by atoms with Crippen LogP contribution in [0.3, 0.4) is 0 Å². The summed E-state index contributed by atoms with van der Waals surface area (Å²) in [5, 5.41) is 18.1. The quantitative estimate of drug-likeness (QED) is 0.456. The van der Waals surface area contributed by atoms with E-state index in [0.29, 0.717) is 17.2 Å². The molecule has 1 amide bonds. The molecule has 10 heteroatoms. The smallest absolute Gasteiger partial charge is 0.294 e. The molecule has 160 valence electrons. The van der Waals surface area contributed by atoms with E-state index in [-0.39, 0.29) is 23.6 Å². The summed E-state index contributed by atoms with van der Waals surface area (Å²) in [6, 6.07) is 12.3. The minimum absolute atomic E-state index is 0.111. The highest BCUT2D eigenvalue weighted by Crippen LogP contribution is 2.27. The molecule has 0 unspecified atom stereocenters. The number of para-hydroxylation sites is 2. The van der Waals surface area contributed by atoms with Gasteiger partial charge in [0.1, 0.15) is 5.69 Å². The zero-order valence-corrected chi connectivity index (χ0v) is 17.1. The largest absolute Gasteiger partial charge is 0.493 e. The Morgan fingerprint density at radius 3 is 2.52 bits per heavy atom. The first-order valence-electron chi connectivity index (χ1n) is 9.19. The summed E-state index contributed by atoms with van der Waals surface area (Å²) in [4.78, 5) is 35.8. The molecule has 0 aliphatic heterocycles. The van der Waals surface area contributed by atoms with Crippen LogP contribution in [0, 0.1) is 17.0 Å². The molecule has 0 bridgehead atoms. The number of rotatable bonds is 7. The number of methoxy groups -OCH3 is 2. The van der Waals surface area contributed by atoms with E-state index in [0.717, 1.165) is 5.56 Å². The van der Waals surface area contributed by atoms with Crippen LogP contribution in [-0.2, 0) is 6.54 Å². The first-order valence-corrected chi connectivity index (χ1v) is 9.19. The van der Waals surface area contributed by atoms with E-state index in [1.165, 1.54) is 43.2 Å². The average Bonchev–Trinajstić information content (AvgIpc) is 2.77. The van der Waals surface area contributed by atoms with Crippen molar-refractivity contribution in [3.8, 4) is 17.2 Å². The van der Waals surface area contributed by atoms with E-state index in [1.54, 1.807) is 31.2 Å². The van der Waals surface area contributed by atoms with Gasteiger partial charge in [0.15, 0.2) is 17.2 Å². The molecule has 1 heterocycles. The predicted octanol–water partition coefficient (Wildman–Crippen LogP) is 2.40. The number of carbonyl (C=O) groups excluding carboxylic acids is 1. The molecule has 0 aliphatic carbocycles. The van der Waals surface area contributed by atoms with Gasteiger partial charge in [-0.3, -0.25) is 19.7 Å². The number of ether oxygens (including phenoxy) is 2. The lowest BCUT2D eigenvalue weighted by Gasteiger charge is -2.12. The Hall–Kier alpha value is -4.21. The van der Waals surface area contributed by atoms with E-state index < -0.39 is 16.3 Å². The van der Waals surface area contributed by atoms with Crippen LogP contribution in [0.25, 0.3) is 5.69 Å². The second-order valence-electron chi connectivity index (χ2n) is 6.53. The van der Waals surface area contributed by atoms with Crippen molar-refractivity contribution in [1.82, 2.24) is 15.1 Å². The maximum absolute atomic E-state index is 12.7. The van der Waals surface area contributed by atoms with Crippen LogP contribution in [0.1, 0.15) is 21.7 Å². The summed E-state index contributed by atoms with van der Waals surface area (Å²) in [6.07, 6.45) is 0. The molecule has 0 radical (unpaired) electrons. The molecular formula is C21H20N4O6. The third-order valence-corrected chi connectivity index (χ3v) is 4.53. The number of nitro benzene ring substituents is 1. The molecule has 31 heavy (non-hydrogen) atoms. The van der Waals surface area contributed by atoms with Crippen molar-refractivity contribution < 1.29 is 19.2 Å². The molecule has 10 nitrogen and oxygen atoms in total. The fourth-order valence-corrected chi connectivity index (χ4v) is 3.00. The summed E-state index contributed by atoms with van der Waals surface area (Å²) in [5.74, 6) is 0.346. The Morgan fingerprint density at radius 1 is 1.13 bits per heavy atom. The molecule has 0 aliphatic rings. The van der Waals surface area contributed by atoms with Gasteiger partial charge < -0.3 is 14.8 Å². The summed E-state index contributed by atoms with van der Waals surface area (Å²) in [6.45, 7) is 1.69. The fourth-order valence-electron chi connectivity index (χ4n) is 3.00. The highest BCUT2D eigenvalue weighted by atomic mass is 16.6. The highest BCUT2D eigenvalue weighted by Gasteiger charge is 2.20. The van der Waals surface area contributed by atoms with Gasteiger partial charge in [0, 0.05) is 24.4 Å². The number of hydrogen-bond donors (Lipinski definition) is 1. The van der Waals surface area contributed by atoms with Gasteiger partial charge >= 0.3 is 0 Å². The first kappa shape index (κ1) is 21.5. The Bertz CT molecular complexity index is 1200. The van der Waals surface area contributed by atoms with Crippen LogP contribution in [-0.4, -0.2) is 34.8 Å². The lowest BCUT2D eigenvalue weighted by molar-refractivity contribution is -0.384. The van der Waals surface area contributed by atoms with Crippen molar-refractivity contribution in [2.24, 2.45) is 0 Å². The number of nitrogens with one attached hydrogen (secondary N) is 1. The number of carbonyl (C=O) groups is 1. The Balaban J connectivity index is 1.90. The number of hydrogen-bond acceptors (Lipinski definition) is 7. The monoisotopic (exact) mass is 424 g/mol. The fraction of sp³-hybridized carbons (Fsp3) is 0.190. The van der Waals surface area contributed by atoms with Gasteiger partial charge in [0.05, 0.1) is 19.1 Å². The number of amides is 1. The van der Waals surface area contributed by atoms with Crippen molar-refractivity contribution in [1.29, 1.82) is 0 Å². The zero-order chi connectivity index (χ0) is 22.5. The van der Waals surface area contributed by atoms with Crippen molar-refractivity contribution >= 4 is 11.6 Å². The molecule has 1 N–H and O–H groups in total. The highest BCUT2D eigenvalue weighted by molar-refractivity contribution is 5.92. The lowest BCUT2D eigenvalue weighted by Crippen LogP contribution is -2.31. The summed E-state index contributed by atoms with van der Waals surface area (Å²) >= 11 is 0. The Morgan fingerprint density at radius 2 is 1.84 bits per heavy atom. The molecule has 0 spiro atoms. The van der Waals surface area contributed by atoms with Gasteiger partial charge in [-0.1, -0.05) is 18.2 Å². The van der Waals surface area contributed by atoms with Crippen LogP contribution in [0.15, 0.2) is 53.3 Å².